The predicted octanol–water partition coefficient (Wildman–Crippen LogP) is 4.60. The predicted molar refractivity (Wildman–Crippen MR) is 97.8 cm³/mol. The molecule has 0 unspecified atom stereocenters. The number of carbonyl (C=O) groups excluding carboxylic acids is 1. The van der Waals surface area contributed by atoms with Gasteiger partial charge in [-0.3, -0.25) is 4.79 Å². The number of aromatic nitrogens is 1. The van der Waals surface area contributed by atoms with Crippen molar-refractivity contribution in [3.05, 3.63) is 42.6 Å². The number of nitrogens with one attached hydrogen (secondary N) is 2. The van der Waals surface area contributed by atoms with Crippen molar-refractivity contribution in [2.24, 2.45) is 5.92 Å². The molecule has 0 saturated carbocycles. The van der Waals surface area contributed by atoms with Crippen LogP contribution in [0.3, 0.4) is 0 Å². The van der Waals surface area contributed by atoms with E-state index in [1.165, 1.54) is 0 Å². The number of anilines is 3. The second-order valence-electron chi connectivity index (χ2n) is 6.39. The minimum Gasteiger partial charge on any atom is -0.491 e. The quantitative estimate of drug-likeness (QED) is 0.780. The monoisotopic (exact) mass is 327 g/mol. The van der Waals surface area contributed by atoms with E-state index in [1.54, 1.807) is 12.3 Å². The zero-order chi connectivity index (χ0) is 17.5. The Balaban J connectivity index is 1.92. The smallest absolute Gasteiger partial charge is 0.225 e. The van der Waals surface area contributed by atoms with E-state index in [9.17, 15) is 4.79 Å². The molecule has 1 aromatic carbocycles. The normalized spacial score (nSPS) is 10.8. The maximum absolute atomic E-state index is 11.7. The van der Waals surface area contributed by atoms with Gasteiger partial charge in [0.15, 0.2) is 0 Å². The van der Waals surface area contributed by atoms with Gasteiger partial charge in [0, 0.05) is 12.1 Å². The summed E-state index contributed by atoms with van der Waals surface area (Å²) in [6, 6.07) is 11.4. The van der Waals surface area contributed by atoms with Gasteiger partial charge in [-0.25, -0.2) is 4.98 Å². The molecule has 0 bridgehead atoms. The Morgan fingerprint density at radius 2 is 1.71 bits per heavy atom. The Morgan fingerprint density at radius 1 is 1.04 bits per heavy atom. The van der Waals surface area contributed by atoms with Crippen LogP contribution in [0.4, 0.5) is 17.2 Å². The van der Waals surface area contributed by atoms with Crippen molar-refractivity contribution in [3.8, 4) is 5.75 Å². The van der Waals surface area contributed by atoms with Gasteiger partial charge in [-0.2, -0.15) is 0 Å². The fourth-order valence-corrected chi connectivity index (χ4v) is 2.16. The van der Waals surface area contributed by atoms with Crippen LogP contribution in [-0.2, 0) is 4.79 Å². The topological polar surface area (TPSA) is 63.2 Å². The Kier molecular flexibility index (Phi) is 6.18. The second kappa shape index (κ2) is 8.34. The summed E-state index contributed by atoms with van der Waals surface area (Å²) in [5.41, 5.74) is 1.80. The number of rotatable bonds is 7. The fourth-order valence-electron chi connectivity index (χ4n) is 2.16. The summed E-state index contributed by atoms with van der Waals surface area (Å²) in [7, 11) is 0. The molecule has 0 spiro atoms. The van der Waals surface area contributed by atoms with E-state index < -0.39 is 0 Å². The summed E-state index contributed by atoms with van der Waals surface area (Å²) in [5, 5.41) is 6.06. The van der Waals surface area contributed by atoms with E-state index in [2.05, 4.69) is 15.6 Å². The van der Waals surface area contributed by atoms with Gasteiger partial charge in [0.25, 0.3) is 0 Å². The highest BCUT2D eigenvalue weighted by atomic mass is 16.5. The maximum Gasteiger partial charge on any atom is 0.225 e. The number of nitrogens with zero attached hydrogens (tertiary/aromatic N) is 1. The van der Waals surface area contributed by atoms with Crippen LogP contribution in [0.2, 0.25) is 0 Å². The van der Waals surface area contributed by atoms with Crippen LogP contribution in [0.1, 0.15) is 34.1 Å². The minimum absolute atomic E-state index is 0.0149. The summed E-state index contributed by atoms with van der Waals surface area (Å²) in [6.07, 6.45) is 2.35. The van der Waals surface area contributed by atoms with Crippen LogP contribution in [0.25, 0.3) is 0 Å². The third-order valence-corrected chi connectivity index (χ3v) is 3.14. The first-order valence-electron chi connectivity index (χ1n) is 8.22. The molecule has 2 aromatic rings. The first-order chi connectivity index (χ1) is 11.4. The van der Waals surface area contributed by atoms with E-state index >= 15 is 0 Å². The summed E-state index contributed by atoms with van der Waals surface area (Å²) >= 11 is 0. The van der Waals surface area contributed by atoms with Gasteiger partial charge in [-0.15, -0.1) is 0 Å². The molecular weight excluding hydrogens is 302 g/mol. The van der Waals surface area contributed by atoms with E-state index in [0.717, 1.165) is 17.1 Å². The number of hydrogen-bond acceptors (Lipinski definition) is 4. The fraction of sp³-hybridized carbons (Fsp3) is 0.368. The summed E-state index contributed by atoms with van der Waals surface area (Å²) in [5.74, 6) is 1.72. The van der Waals surface area contributed by atoms with Crippen molar-refractivity contribution in [1.29, 1.82) is 0 Å². The lowest BCUT2D eigenvalue weighted by Gasteiger charge is -2.11. The van der Waals surface area contributed by atoms with Gasteiger partial charge >= 0.3 is 0 Å². The van der Waals surface area contributed by atoms with E-state index in [-0.39, 0.29) is 12.0 Å². The van der Waals surface area contributed by atoms with Crippen molar-refractivity contribution >= 4 is 23.1 Å². The van der Waals surface area contributed by atoms with Gasteiger partial charge < -0.3 is 15.4 Å². The average molecular weight is 327 g/mol. The van der Waals surface area contributed by atoms with Gasteiger partial charge in [-0.1, -0.05) is 13.8 Å². The molecule has 128 valence electrons. The first kappa shape index (κ1) is 17.8. The van der Waals surface area contributed by atoms with Gasteiger partial charge in [0.2, 0.25) is 5.91 Å². The van der Waals surface area contributed by atoms with Crippen molar-refractivity contribution < 1.29 is 9.53 Å². The highest BCUT2D eigenvalue weighted by molar-refractivity contribution is 5.89. The standard InChI is InChI=1S/C19H25N3O2/c1-13(2)11-19(23)22-18-10-7-16(12-20-18)21-15-5-8-17(9-6-15)24-14(3)4/h5-10,12-14,21H,11H2,1-4H3,(H,20,22,23). The van der Waals surface area contributed by atoms with Crippen molar-refractivity contribution in [2.45, 2.75) is 40.2 Å². The van der Waals surface area contributed by atoms with Crippen molar-refractivity contribution in [3.63, 3.8) is 0 Å². The van der Waals surface area contributed by atoms with Gasteiger partial charge in [-0.05, 0) is 56.2 Å². The molecule has 0 radical (unpaired) electrons. The van der Waals surface area contributed by atoms with Crippen molar-refractivity contribution in [1.82, 2.24) is 4.98 Å². The molecule has 5 nitrogen and oxygen atoms in total. The van der Waals surface area contributed by atoms with Crippen LogP contribution in [0.15, 0.2) is 42.6 Å². The second-order valence-corrected chi connectivity index (χ2v) is 6.39. The van der Waals surface area contributed by atoms with Crippen LogP contribution >= 0.6 is 0 Å². The molecule has 5 heteroatoms. The zero-order valence-electron chi connectivity index (χ0n) is 14.7. The summed E-state index contributed by atoms with van der Waals surface area (Å²) in [6.45, 7) is 8.02. The number of carbonyl (C=O) groups is 1. The molecule has 0 aliphatic heterocycles. The Labute approximate surface area is 143 Å². The Hall–Kier alpha value is -2.56. The Bertz CT molecular complexity index is 649. The Morgan fingerprint density at radius 3 is 2.25 bits per heavy atom. The molecule has 0 aliphatic rings. The number of ether oxygens (including phenoxy) is 1. The van der Waals surface area contributed by atoms with Crippen LogP contribution < -0.4 is 15.4 Å². The number of hydrogen-bond donors (Lipinski definition) is 2. The summed E-state index contributed by atoms with van der Waals surface area (Å²) < 4.78 is 5.62. The van der Waals surface area contributed by atoms with Crippen molar-refractivity contribution in [2.75, 3.05) is 10.6 Å². The lowest BCUT2D eigenvalue weighted by Crippen LogP contribution is -2.14. The largest absolute Gasteiger partial charge is 0.491 e. The molecule has 1 heterocycles. The van der Waals surface area contributed by atoms with Crippen LogP contribution in [-0.4, -0.2) is 17.0 Å². The van der Waals surface area contributed by atoms with Gasteiger partial charge in [0.1, 0.15) is 11.6 Å². The first-order valence-corrected chi connectivity index (χ1v) is 8.22. The van der Waals surface area contributed by atoms with Crippen LogP contribution in [0.5, 0.6) is 5.75 Å². The number of pyridine rings is 1. The SMILES string of the molecule is CC(C)CC(=O)Nc1ccc(Nc2ccc(OC(C)C)cc2)cn1. The average Bonchev–Trinajstić information content (AvgIpc) is 2.50. The highest BCUT2D eigenvalue weighted by Crippen LogP contribution is 2.21. The lowest BCUT2D eigenvalue weighted by molar-refractivity contribution is -0.116. The third-order valence-electron chi connectivity index (χ3n) is 3.14. The molecular formula is C19H25N3O2. The lowest BCUT2D eigenvalue weighted by atomic mass is 10.1. The van der Waals surface area contributed by atoms with E-state index in [4.69, 9.17) is 4.74 Å². The molecule has 0 fully saturated rings. The molecule has 1 aromatic heterocycles. The molecule has 2 N–H and O–H groups in total. The molecule has 0 atom stereocenters. The van der Waals surface area contributed by atoms with E-state index in [0.29, 0.717) is 18.2 Å². The third kappa shape index (κ3) is 5.91. The molecule has 2 rings (SSSR count). The van der Waals surface area contributed by atoms with Crippen LogP contribution in [0, 0.1) is 5.92 Å². The zero-order valence-corrected chi connectivity index (χ0v) is 14.7. The summed E-state index contributed by atoms with van der Waals surface area (Å²) in [4.78, 5) is 16.0. The molecule has 0 aliphatic carbocycles. The number of benzene rings is 1. The molecule has 0 saturated heterocycles. The number of amides is 1. The minimum atomic E-state index is -0.0149. The highest BCUT2D eigenvalue weighted by Gasteiger charge is 2.06. The maximum atomic E-state index is 11.7. The molecule has 24 heavy (non-hydrogen) atoms. The van der Waals surface area contributed by atoms with Gasteiger partial charge in [0.05, 0.1) is 18.0 Å². The molecule has 1 amide bonds. The van der Waals surface area contributed by atoms with E-state index in [1.807, 2.05) is 58.0 Å².